The zero-order chi connectivity index (χ0) is 25.6. The summed E-state index contributed by atoms with van der Waals surface area (Å²) in [6.07, 6.45) is -5.19. The molecule has 1 aromatic heterocycles. The van der Waals surface area contributed by atoms with Crippen molar-refractivity contribution in [2.45, 2.75) is 36.0 Å². The van der Waals surface area contributed by atoms with Crippen molar-refractivity contribution in [1.82, 2.24) is 9.55 Å². The van der Waals surface area contributed by atoms with E-state index in [9.17, 15) is 37.8 Å². The number of hydrogen-bond acceptors (Lipinski definition) is 11. The summed E-state index contributed by atoms with van der Waals surface area (Å²) in [7, 11) is -16.8. The number of aromatic nitrogens is 2. The van der Waals surface area contributed by atoms with Crippen LogP contribution in [-0.4, -0.2) is 63.0 Å². The highest BCUT2D eigenvalue weighted by Gasteiger charge is 2.61. The smallest absolute Gasteiger partial charge is 0.387 e. The maximum Gasteiger partial charge on any atom is 0.488 e. The highest BCUT2D eigenvalue weighted by molar-refractivity contribution is 7.90. The number of nitrogens with two attached hydrogens (primary N) is 1. The van der Waals surface area contributed by atoms with Gasteiger partial charge < -0.3 is 35.2 Å². The lowest BCUT2D eigenvalue weighted by Gasteiger charge is -2.39. The van der Waals surface area contributed by atoms with Gasteiger partial charge in [0, 0.05) is 12.1 Å². The van der Waals surface area contributed by atoms with Gasteiger partial charge in [-0.1, -0.05) is 6.92 Å². The first kappa shape index (κ1) is 28.9. The molecular formula is C12H20ClFN3O12P3S. The summed E-state index contributed by atoms with van der Waals surface area (Å²) < 4.78 is 63.6. The molecule has 0 radical (unpaired) electrons. The van der Waals surface area contributed by atoms with Crippen LogP contribution in [0.4, 0.5) is 10.2 Å². The van der Waals surface area contributed by atoms with Crippen LogP contribution in [-0.2, 0) is 27.1 Å². The predicted octanol–water partition coefficient (Wildman–Crippen LogP) is 0.335. The molecule has 0 aliphatic carbocycles. The third-order valence-corrected chi connectivity index (χ3v) is 11.0. The molecule has 190 valence electrons. The Labute approximate surface area is 195 Å². The van der Waals surface area contributed by atoms with Gasteiger partial charge in [-0.05, 0) is 6.07 Å². The van der Waals surface area contributed by atoms with E-state index in [1.165, 1.54) is 0 Å². The summed E-state index contributed by atoms with van der Waals surface area (Å²) >= 11 is 9.74. The SMILES string of the molecule is CC(C(S)P(=O)(O)OP(=O)(O)OP(=O)(O)O)C1(CCl)OC(n2ccc(N)nc2=O)C(F)C1O. The molecule has 7 N–H and O–H groups in total. The average molecular weight is 578 g/mol. The van der Waals surface area contributed by atoms with Gasteiger partial charge in [-0.3, -0.25) is 9.13 Å². The summed E-state index contributed by atoms with van der Waals surface area (Å²) in [6, 6.07) is 1.14. The molecule has 8 atom stereocenters. The van der Waals surface area contributed by atoms with Gasteiger partial charge in [0.25, 0.3) is 0 Å². The second-order valence-electron chi connectivity index (χ2n) is 6.92. The van der Waals surface area contributed by atoms with Gasteiger partial charge in [0.1, 0.15) is 22.5 Å². The molecule has 0 saturated carbocycles. The molecule has 15 nitrogen and oxygen atoms in total. The molecule has 1 fully saturated rings. The Hall–Kier alpha value is -0.380. The van der Waals surface area contributed by atoms with E-state index >= 15 is 0 Å². The van der Waals surface area contributed by atoms with E-state index in [4.69, 9.17) is 31.9 Å². The Kier molecular flexibility index (Phi) is 8.69. The number of anilines is 1. The zero-order valence-electron chi connectivity index (χ0n) is 16.4. The number of nitrogen functional groups attached to an aromatic ring is 1. The second kappa shape index (κ2) is 9.94. The van der Waals surface area contributed by atoms with E-state index < -0.39 is 69.8 Å². The van der Waals surface area contributed by atoms with Crippen LogP contribution in [0.15, 0.2) is 17.1 Å². The molecule has 1 saturated heterocycles. The number of aliphatic hydroxyl groups is 1. The van der Waals surface area contributed by atoms with E-state index in [1.54, 1.807) is 0 Å². The Morgan fingerprint density at radius 1 is 1.36 bits per heavy atom. The van der Waals surface area contributed by atoms with Crippen molar-refractivity contribution in [1.29, 1.82) is 0 Å². The lowest BCUT2D eigenvalue weighted by atomic mass is 9.86. The van der Waals surface area contributed by atoms with Crippen molar-refractivity contribution in [3.8, 4) is 0 Å². The number of ether oxygens (including phenoxy) is 1. The normalized spacial score (nSPS) is 31.5. The van der Waals surface area contributed by atoms with Crippen LogP contribution in [0.2, 0.25) is 0 Å². The molecule has 1 aliphatic rings. The van der Waals surface area contributed by atoms with Crippen LogP contribution in [0.1, 0.15) is 13.2 Å². The van der Waals surface area contributed by atoms with Crippen LogP contribution in [0.3, 0.4) is 0 Å². The number of hydrogen-bond donors (Lipinski definition) is 7. The topological polar surface area (TPSA) is 241 Å². The van der Waals surface area contributed by atoms with Crippen molar-refractivity contribution in [3.63, 3.8) is 0 Å². The van der Waals surface area contributed by atoms with E-state index in [-0.39, 0.29) is 5.82 Å². The van der Waals surface area contributed by atoms with Crippen LogP contribution in [0.25, 0.3) is 0 Å². The van der Waals surface area contributed by atoms with Gasteiger partial charge >= 0.3 is 28.9 Å². The van der Waals surface area contributed by atoms with Gasteiger partial charge in [-0.15, -0.1) is 11.6 Å². The lowest BCUT2D eigenvalue weighted by molar-refractivity contribution is -0.117. The maximum atomic E-state index is 15.0. The molecule has 8 unspecified atom stereocenters. The zero-order valence-corrected chi connectivity index (χ0v) is 20.7. The summed E-state index contributed by atoms with van der Waals surface area (Å²) in [4.78, 5) is 50.2. The summed E-state index contributed by atoms with van der Waals surface area (Å²) in [6.45, 7) is 1.10. The predicted molar refractivity (Wildman–Crippen MR) is 113 cm³/mol. The number of phosphoric acid groups is 2. The fourth-order valence-corrected chi connectivity index (χ4v) is 8.05. The molecule has 0 spiro atoms. The first-order chi connectivity index (χ1) is 14.9. The first-order valence-corrected chi connectivity index (χ1v) is 14.3. The molecule has 0 amide bonds. The van der Waals surface area contributed by atoms with Crippen molar-refractivity contribution < 1.29 is 56.1 Å². The third kappa shape index (κ3) is 6.25. The monoisotopic (exact) mass is 577 g/mol. The number of thiol groups is 1. The number of aliphatic hydroxyl groups excluding tert-OH is 1. The van der Waals surface area contributed by atoms with Gasteiger partial charge in [0.15, 0.2) is 12.4 Å². The quantitative estimate of drug-likeness (QED) is 0.119. The molecule has 1 aliphatic heterocycles. The molecule has 33 heavy (non-hydrogen) atoms. The Bertz CT molecular complexity index is 1090. The van der Waals surface area contributed by atoms with Crippen molar-refractivity contribution in [3.05, 3.63) is 22.7 Å². The van der Waals surface area contributed by atoms with E-state index in [0.29, 0.717) is 4.57 Å². The van der Waals surface area contributed by atoms with E-state index in [2.05, 4.69) is 26.2 Å². The summed E-state index contributed by atoms with van der Waals surface area (Å²) in [5.41, 5.74) is 2.13. The fourth-order valence-electron chi connectivity index (χ4n) is 3.10. The number of rotatable bonds is 9. The highest BCUT2D eigenvalue weighted by atomic mass is 35.5. The van der Waals surface area contributed by atoms with Gasteiger partial charge in [-0.25, -0.2) is 22.6 Å². The minimum absolute atomic E-state index is 0.179. The lowest BCUT2D eigenvalue weighted by Crippen LogP contribution is -2.52. The van der Waals surface area contributed by atoms with E-state index in [1.807, 2.05) is 0 Å². The molecular weight excluding hydrogens is 558 g/mol. The number of nitrogens with zero attached hydrogens (tertiary/aromatic N) is 2. The molecule has 0 aromatic carbocycles. The highest BCUT2D eigenvalue weighted by Crippen LogP contribution is 2.69. The standard InChI is InChI=1S/C12H20ClFN3O12P3S/c1-5(10(33)30(20,21)28-32(25,26)29-31(22,23)24)12(4-13)8(18)7(14)9(27-12)17-3-2-6(15)16-11(17)19/h2-3,5,7-10,18,33H,4H2,1H3,(H,20,21)(H,25,26)(H2,15,16,19)(H2,22,23,24). The largest absolute Gasteiger partial charge is 0.488 e. The number of halogens is 2. The van der Waals surface area contributed by atoms with Crippen LogP contribution in [0.5, 0.6) is 0 Å². The maximum absolute atomic E-state index is 15.0. The van der Waals surface area contributed by atoms with Crippen molar-refractivity contribution in [2.24, 2.45) is 5.92 Å². The van der Waals surface area contributed by atoms with Crippen molar-refractivity contribution in [2.75, 3.05) is 11.6 Å². The molecule has 0 bridgehead atoms. The fraction of sp³-hybridized carbons (Fsp3) is 0.667. The molecule has 2 rings (SSSR count). The minimum Gasteiger partial charge on any atom is -0.387 e. The molecule has 1 aromatic rings. The third-order valence-electron chi connectivity index (χ3n) is 4.73. The van der Waals surface area contributed by atoms with Gasteiger partial charge in [0.2, 0.25) is 0 Å². The Balaban J connectivity index is 2.37. The first-order valence-electron chi connectivity index (χ1n) is 8.59. The van der Waals surface area contributed by atoms with Crippen LogP contribution < -0.4 is 11.4 Å². The molecule has 21 heteroatoms. The summed E-state index contributed by atoms with van der Waals surface area (Å²) in [5, 5.41) is 10.5. The van der Waals surface area contributed by atoms with Gasteiger partial charge in [0.05, 0.1) is 5.88 Å². The van der Waals surface area contributed by atoms with Crippen molar-refractivity contribution >= 4 is 53.3 Å². The van der Waals surface area contributed by atoms with Crippen LogP contribution in [0, 0.1) is 5.92 Å². The number of alkyl halides is 2. The Morgan fingerprint density at radius 3 is 2.42 bits per heavy atom. The second-order valence-corrected chi connectivity index (χ2v) is 13.1. The average Bonchev–Trinajstić information content (AvgIpc) is 2.89. The van der Waals surface area contributed by atoms with Gasteiger partial charge in [-0.2, -0.15) is 21.9 Å². The Morgan fingerprint density at radius 2 is 1.94 bits per heavy atom. The minimum atomic E-state index is -5.79. The van der Waals surface area contributed by atoms with Crippen LogP contribution >= 0.6 is 47.5 Å². The van der Waals surface area contributed by atoms with E-state index in [0.717, 1.165) is 19.2 Å². The summed E-state index contributed by atoms with van der Waals surface area (Å²) in [5.74, 6) is -2.45. The molecule has 2 heterocycles.